The fraction of sp³-hybridized carbons (Fsp3) is 0.727. The van der Waals surface area contributed by atoms with Gasteiger partial charge in [-0.2, -0.15) is 0 Å². The number of hydrogen-bond acceptors (Lipinski definition) is 3. The van der Waals surface area contributed by atoms with E-state index in [0.717, 1.165) is 31.5 Å². The fourth-order valence-corrected chi connectivity index (χ4v) is 1.74. The number of aromatic amines is 1. The molecule has 2 rings (SSSR count). The summed E-state index contributed by atoms with van der Waals surface area (Å²) in [5, 5.41) is 3.42. The van der Waals surface area contributed by atoms with Gasteiger partial charge in [-0.3, -0.25) is 0 Å². The molecule has 1 aliphatic carbocycles. The molecule has 15 heavy (non-hydrogen) atoms. The highest BCUT2D eigenvalue weighted by atomic mass is 15.2. The normalized spacial score (nSPS) is 16.2. The minimum absolute atomic E-state index is 0.862. The van der Waals surface area contributed by atoms with Crippen LogP contribution >= 0.6 is 0 Å². The third-order valence-corrected chi connectivity index (χ3v) is 2.88. The molecule has 1 aliphatic rings. The van der Waals surface area contributed by atoms with Gasteiger partial charge >= 0.3 is 0 Å². The van der Waals surface area contributed by atoms with Gasteiger partial charge in [0.15, 0.2) is 0 Å². The van der Waals surface area contributed by atoms with E-state index in [1.165, 1.54) is 18.5 Å². The van der Waals surface area contributed by atoms with Gasteiger partial charge in [0, 0.05) is 37.6 Å². The van der Waals surface area contributed by atoms with Crippen LogP contribution in [-0.4, -0.2) is 41.0 Å². The van der Waals surface area contributed by atoms with Gasteiger partial charge in [0.25, 0.3) is 0 Å². The molecule has 1 fully saturated rings. The lowest BCUT2D eigenvalue weighted by Crippen LogP contribution is -2.30. The lowest BCUT2D eigenvalue weighted by molar-refractivity contribution is 0.321. The first-order valence-corrected chi connectivity index (χ1v) is 5.67. The first-order valence-electron chi connectivity index (χ1n) is 5.67. The monoisotopic (exact) mass is 208 g/mol. The van der Waals surface area contributed by atoms with Crippen molar-refractivity contribution in [3.8, 4) is 0 Å². The molecule has 4 nitrogen and oxygen atoms in total. The Balaban J connectivity index is 1.58. The molecule has 0 atom stereocenters. The molecule has 0 bridgehead atoms. The molecule has 1 aromatic heterocycles. The van der Waals surface area contributed by atoms with Crippen molar-refractivity contribution in [3.05, 3.63) is 17.7 Å². The molecule has 1 heterocycles. The Labute approximate surface area is 91.1 Å². The van der Waals surface area contributed by atoms with Crippen molar-refractivity contribution in [2.45, 2.75) is 32.4 Å². The quantitative estimate of drug-likeness (QED) is 0.683. The molecule has 0 unspecified atom stereocenters. The summed E-state index contributed by atoms with van der Waals surface area (Å²) in [5.74, 6) is 0.988. The predicted octanol–water partition coefficient (Wildman–Crippen LogP) is 0.902. The van der Waals surface area contributed by atoms with Crippen molar-refractivity contribution in [1.82, 2.24) is 20.2 Å². The number of hydrogen-bond donors (Lipinski definition) is 2. The van der Waals surface area contributed by atoms with Crippen molar-refractivity contribution in [2.75, 3.05) is 20.1 Å². The molecule has 0 aliphatic heterocycles. The van der Waals surface area contributed by atoms with Gasteiger partial charge in [0.1, 0.15) is 5.82 Å². The molecule has 4 heteroatoms. The van der Waals surface area contributed by atoms with Gasteiger partial charge < -0.3 is 15.2 Å². The number of rotatable bonds is 6. The van der Waals surface area contributed by atoms with Crippen molar-refractivity contribution in [1.29, 1.82) is 0 Å². The van der Waals surface area contributed by atoms with E-state index in [2.05, 4.69) is 27.2 Å². The van der Waals surface area contributed by atoms with Gasteiger partial charge in [0.05, 0.1) is 0 Å². The Bertz CT molecular complexity index is 303. The summed E-state index contributed by atoms with van der Waals surface area (Å²) in [4.78, 5) is 9.81. The van der Waals surface area contributed by atoms with Crippen molar-refractivity contribution < 1.29 is 0 Å². The summed E-state index contributed by atoms with van der Waals surface area (Å²) in [6.45, 7) is 5.05. The Morgan fingerprint density at radius 1 is 1.60 bits per heavy atom. The molecule has 0 amide bonds. The summed E-state index contributed by atoms with van der Waals surface area (Å²) in [6, 6.07) is 0.862. The van der Waals surface area contributed by atoms with Gasteiger partial charge in [-0.1, -0.05) is 0 Å². The highest BCUT2D eigenvalue weighted by molar-refractivity contribution is 4.99. The van der Waals surface area contributed by atoms with Crippen LogP contribution in [-0.2, 0) is 6.54 Å². The molecule has 84 valence electrons. The zero-order valence-electron chi connectivity index (χ0n) is 9.58. The highest BCUT2D eigenvalue weighted by Crippen LogP contribution is 2.24. The molecular weight excluding hydrogens is 188 g/mol. The molecule has 0 radical (unpaired) electrons. The van der Waals surface area contributed by atoms with Gasteiger partial charge in [0.2, 0.25) is 0 Å². The van der Waals surface area contributed by atoms with E-state index in [1.54, 1.807) is 0 Å². The third kappa shape index (κ3) is 3.32. The average Bonchev–Trinajstić information content (AvgIpc) is 2.98. The molecule has 0 saturated heterocycles. The molecule has 1 aromatic rings. The second-order valence-corrected chi connectivity index (χ2v) is 4.38. The Morgan fingerprint density at radius 3 is 3.00 bits per heavy atom. The van der Waals surface area contributed by atoms with Crippen LogP contribution in [0.15, 0.2) is 6.20 Å². The topological polar surface area (TPSA) is 44.0 Å². The number of nitrogens with zero attached hydrogens (tertiary/aromatic N) is 2. The van der Waals surface area contributed by atoms with Crippen LogP contribution in [0.4, 0.5) is 0 Å². The summed E-state index contributed by atoms with van der Waals surface area (Å²) in [7, 11) is 2.21. The SMILES string of the molecule is Cc1ncc(CNCCN(C)C2CC2)[nH]1. The van der Waals surface area contributed by atoms with Gasteiger partial charge in [-0.25, -0.2) is 4.98 Å². The van der Waals surface area contributed by atoms with E-state index in [0.29, 0.717) is 0 Å². The zero-order valence-corrected chi connectivity index (χ0v) is 9.58. The smallest absolute Gasteiger partial charge is 0.103 e. The molecule has 2 N–H and O–H groups in total. The minimum Gasteiger partial charge on any atom is -0.345 e. The molecule has 0 aromatic carbocycles. The van der Waals surface area contributed by atoms with Crippen LogP contribution in [0.3, 0.4) is 0 Å². The van der Waals surface area contributed by atoms with Gasteiger partial charge in [-0.15, -0.1) is 0 Å². The third-order valence-electron chi connectivity index (χ3n) is 2.88. The molecule has 0 spiro atoms. The number of likely N-dealkylation sites (N-methyl/N-ethyl adjacent to an activating group) is 1. The first kappa shape index (κ1) is 10.6. The van der Waals surface area contributed by atoms with E-state index in [4.69, 9.17) is 0 Å². The van der Waals surface area contributed by atoms with Crippen molar-refractivity contribution in [3.63, 3.8) is 0 Å². The first-order chi connectivity index (χ1) is 7.25. The predicted molar refractivity (Wildman–Crippen MR) is 60.7 cm³/mol. The molecule has 1 saturated carbocycles. The lowest BCUT2D eigenvalue weighted by atomic mass is 10.4. The second kappa shape index (κ2) is 4.77. The lowest BCUT2D eigenvalue weighted by Gasteiger charge is -2.15. The van der Waals surface area contributed by atoms with Crippen LogP contribution < -0.4 is 5.32 Å². The maximum atomic E-state index is 4.16. The van der Waals surface area contributed by atoms with E-state index in [-0.39, 0.29) is 0 Å². The van der Waals surface area contributed by atoms with Crippen LogP contribution in [0.5, 0.6) is 0 Å². The maximum absolute atomic E-state index is 4.16. The maximum Gasteiger partial charge on any atom is 0.103 e. The number of aromatic nitrogens is 2. The van der Waals surface area contributed by atoms with Crippen LogP contribution in [0.1, 0.15) is 24.4 Å². The van der Waals surface area contributed by atoms with Crippen molar-refractivity contribution in [2.24, 2.45) is 0 Å². The largest absolute Gasteiger partial charge is 0.345 e. The van der Waals surface area contributed by atoms with Gasteiger partial charge in [-0.05, 0) is 26.8 Å². The summed E-state index contributed by atoms with van der Waals surface area (Å²) >= 11 is 0. The van der Waals surface area contributed by atoms with E-state index in [1.807, 2.05) is 13.1 Å². The number of H-pyrrole nitrogens is 1. The van der Waals surface area contributed by atoms with Crippen molar-refractivity contribution >= 4 is 0 Å². The Morgan fingerprint density at radius 2 is 2.40 bits per heavy atom. The minimum atomic E-state index is 0.862. The average molecular weight is 208 g/mol. The summed E-state index contributed by atoms with van der Waals surface area (Å²) < 4.78 is 0. The Kier molecular flexibility index (Phi) is 3.38. The fourth-order valence-electron chi connectivity index (χ4n) is 1.74. The van der Waals surface area contributed by atoms with Crippen LogP contribution in [0, 0.1) is 6.92 Å². The summed E-state index contributed by atoms with van der Waals surface area (Å²) in [6.07, 6.45) is 4.67. The van der Waals surface area contributed by atoms with E-state index in [9.17, 15) is 0 Å². The number of aryl methyl sites for hydroxylation is 1. The second-order valence-electron chi connectivity index (χ2n) is 4.38. The zero-order chi connectivity index (χ0) is 10.7. The standard InChI is InChI=1S/C11H20N4/c1-9-13-8-10(14-9)7-12-5-6-15(2)11-3-4-11/h8,11-12H,3-7H2,1-2H3,(H,13,14). The number of nitrogens with one attached hydrogen (secondary N) is 2. The van der Waals surface area contributed by atoms with Crippen LogP contribution in [0.2, 0.25) is 0 Å². The summed E-state index contributed by atoms with van der Waals surface area (Å²) in [5.41, 5.74) is 1.17. The number of imidazole rings is 1. The van der Waals surface area contributed by atoms with Crippen LogP contribution in [0.25, 0.3) is 0 Å². The highest BCUT2D eigenvalue weighted by Gasteiger charge is 2.25. The Hall–Kier alpha value is -0.870. The van der Waals surface area contributed by atoms with E-state index < -0.39 is 0 Å². The van der Waals surface area contributed by atoms with E-state index >= 15 is 0 Å². The molecular formula is C11H20N4.